The van der Waals surface area contributed by atoms with Gasteiger partial charge < -0.3 is 10.1 Å². The van der Waals surface area contributed by atoms with Crippen molar-refractivity contribution in [3.05, 3.63) is 53.5 Å². The van der Waals surface area contributed by atoms with E-state index in [0.717, 1.165) is 27.9 Å². The number of aryl methyl sites for hydroxylation is 1. The molecule has 0 spiro atoms. The zero-order chi connectivity index (χ0) is 15.3. The first-order valence-electron chi connectivity index (χ1n) is 7.21. The zero-order valence-electron chi connectivity index (χ0n) is 12.1. The van der Waals surface area contributed by atoms with Crippen LogP contribution in [0.1, 0.15) is 23.0 Å². The molecule has 3 N–H and O–H groups in total. The Kier molecular flexibility index (Phi) is 2.80. The summed E-state index contributed by atoms with van der Waals surface area (Å²) in [6.45, 7) is 0. The van der Waals surface area contributed by atoms with E-state index >= 15 is 0 Å². The third-order valence-corrected chi connectivity index (χ3v) is 4.24. The average molecular weight is 296 g/mol. The van der Waals surface area contributed by atoms with Gasteiger partial charge in [-0.05, 0) is 17.7 Å². The maximum absolute atomic E-state index is 11.5. The smallest absolute Gasteiger partial charge is 0.321 e. The summed E-state index contributed by atoms with van der Waals surface area (Å²) in [5.74, 6) is -0.836. The lowest BCUT2D eigenvalue weighted by molar-refractivity contribution is -0.139. The number of hydrogen-bond acceptors (Lipinski definition) is 3. The number of aromatic amines is 1. The molecule has 6 heteroatoms. The van der Waals surface area contributed by atoms with E-state index in [1.165, 1.54) is 0 Å². The lowest BCUT2D eigenvalue weighted by Crippen LogP contribution is -2.45. The van der Waals surface area contributed by atoms with Crippen molar-refractivity contribution in [3.8, 4) is 0 Å². The Morgan fingerprint density at radius 1 is 1.36 bits per heavy atom. The van der Waals surface area contributed by atoms with Crippen LogP contribution in [0.25, 0.3) is 10.9 Å². The minimum absolute atomic E-state index is 0.238. The summed E-state index contributed by atoms with van der Waals surface area (Å²) in [6, 6.07) is 9.06. The van der Waals surface area contributed by atoms with Crippen molar-refractivity contribution in [2.45, 2.75) is 18.5 Å². The van der Waals surface area contributed by atoms with Gasteiger partial charge in [0.05, 0.1) is 11.7 Å². The summed E-state index contributed by atoms with van der Waals surface area (Å²) in [7, 11) is 1.85. The van der Waals surface area contributed by atoms with Crippen LogP contribution in [0.2, 0.25) is 0 Å². The van der Waals surface area contributed by atoms with E-state index in [0.29, 0.717) is 6.42 Å². The van der Waals surface area contributed by atoms with Gasteiger partial charge in [-0.15, -0.1) is 0 Å². The van der Waals surface area contributed by atoms with Gasteiger partial charge in [0, 0.05) is 36.3 Å². The van der Waals surface area contributed by atoms with Crippen molar-refractivity contribution in [3.63, 3.8) is 0 Å². The highest BCUT2D eigenvalue weighted by molar-refractivity contribution is 5.87. The monoisotopic (exact) mass is 296 g/mol. The van der Waals surface area contributed by atoms with E-state index in [2.05, 4.69) is 15.4 Å². The van der Waals surface area contributed by atoms with Gasteiger partial charge in [0.1, 0.15) is 6.04 Å². The van der Waals surface area contributed by atoms with E-state index < -0.39 is 12.0 Å². The van der Waals surface area contributed by atoms with Gasteiger partial charge in [0.25, 0.3) is 0 Å². The average Bonchev–Trinajstić information content (AvgIpc) is 3.09. The van der Waals surface area contributed by atoms with Crippen molar-refractivity contribution in [1.29, 1.82) is 0 Å². The van der Waals surface area contributed by atoms with Crippen molar-refractivity contribution >= 4 is 16.9 Å². The molecule has 0 fully saturated rings. The summed E-state index contributed by atoms with van der Waals surface area (Å²) in [5.41, 5.74) is 3.93. The standard InChI is InChI=1S/C16H16N4O2/c1-20-7-6-12(19-20)15-14-10(8-13(18-15)16(21)22)9-4-2-3-5-11(9)17-14/h2-7,13,15,17-18H,8H2,1H3,(H,21,22)/t13-,15+/m1/s1. The molecule has 1 aliphatic heterocycles. The number of H-pyrrole nitrogens is 1. The number of benzene rings is 1. The summed E-state index contributed by atoms with van der Waals surface area (Å²) < 4.78 is 1.73. The third-order valence-electron chi connectivity index (χ3n) is 4.24. The van der Waals surface area contributed by atoms with E-state index in [1.54, 1.807) is 4.68 Å². The number of aliphatic carboxylic acids is 1. The number of nitrogens with zero attached hydrogens (tertiary/aromatic N) is 2. The molecule has 2 aromatic heterocycles. The summed E-state index contributed by atoms with van der Waals surface area (Å²) >= 11 is 0. The second-order valence-corrected chi connectivity index (χ2v) is 5.67. The Labute approximate surface area is 126 Å². The van der Waals surface area contributed by atoms with Gasteiger partial charge in [-0.1, -0.05) is 18.2 Å². The van der Waals surface area contributed by atoms with Gasteiger partial charge in [0.15, 0.2) is 0 Å². The van der Waals surface area contributed by atoms with E-state index in [4.69, 9.17) is 0 Å². The Balaban J connectivity index is 1.91. The molecule has 0 aliphatic carbocycles. The topological polar surface area (TPSA) is 82.9 Å². The number of rotatable bonds is 2. The Bertz CT molecular complexity index is 864. The normalized spacial score (nSPS) is 21.0. The van der Waals surface area contributed by atoms with Gasteiger partial charge in [-0.25, -0.2) is 0 Å². The van der Waals surface area contributed by atoms with Crippen molar-refractivity contribution < 1.29 is 9.90 Å². The quantitative estimate of drug-likeness (QED) is 0.670. The largest absolute Gasteiger partial charge is 0.480 e. The van der Waals surface area contributed by atoms with Gasteiger partial charge >= 0.3 is 5.97 Å². The second kappa shape index (κ2) is 4.71. The van der Waals surface area contributed by atoms with Crippen LogP contribution < -0.4 is 5.32 Å². The minimum atomic E-state index is -0.836. The maximum atomic E-state index is 11.5. The van der Waals surface area contributed by atoms with Crippen molar-refractivity contribution in [2.75, 3.05) is 0 Å². The number of hydrogen-bond donors (Lipinski definition) is 3. The highest BCUT2D eigenvalue weighted by Gasteiger charge is 2.34. The maximum Gasteiger partial charge on any atom is 0.321 e. The van der Waals surface area contributed by atoms with Gasteiger partial charge in [-0.2, -0.15) is 5.10 Å². The molecular formula is C16H16N4O2. The Hall–Kier alpha value is -2.60. The molecule has 3 aromatic rings. The van der Waals surface area contributed by atoms with Crippen LogP contribution in [0, 0.1) is 0 Å². The van der Waals surface area contributed by atoms with Crippen LogP contribution in [0.5, 0.6) is 0 Å². The lowest BCUT2D eigenvalue weighted by atomic mass is 9.92. The minimum Gasteiger partial charge on any atom is -0.480 e. The molecule has 0 bridgehead atoms. The molecule has 22 heavy (non-hydrogen) atoms. The van der Waals surface area contributed by atoms with E-state index in [1.807, 2.05) is 43.6 Å². The van der Waals surface area contributed by atoms with Crippen LogP contribution in [0.3, 0.4) is 0 Å². The number of carboxylic acids is 1. The number of carboxylic acid groups (broad SMARTS) is 1. The molecule has 0 saturated carbocycles. The summed E-state index contributed by atoms with van der Waals surface area (Å²) in [6.07, 6.45) is 2.34. The SMILES string of the molecule is Cn1ccc([C@@H]2N[C@@H](C(=O)O)Cc3c2[nH]c2ccccc32)n1. The van der Waals surface area contributed by atoms with Gasteiger partial charge in [-0.3, -0.25) is 14.8 Å². The van der Waals surface area contributed by atoms with Crippen LogP contribution >= 0.6 is 0 Å². The number of fused-ring (bicyclic) bond motifs is 3. The fraction of sp³-hybridized carbons (Fsp3) is 0.250. The zero-order valence-corrected chi connectivity index (χ0v) is 12.1. The number of para-hydroxylation sites is 1. The molecule has 1 aromatic carbocycles. The van der Waals surface area contributed by atoms with Crippen LogP contribution in [-0.4, -0.2) is 31.9 Å². The number of aromatic nitrogens is 3. The molecule has 4 rings (SSSR count). The predicted octanol–water partition coefficient (Wildman–Crippen LogP) is 1.59. The second-order valence-electron chi connectivity index (χ2n) is 5.67. The molecule has 1 aliphatic rings. The first-order chi connectivity index (χ1) is 10.6. The molecule has 6 nitrogen and oxygen atoms in total. The number of carbonyl (C=O) groups is 1. The summed E-state index contributed by atoms with van der Waals surface area (Å²) in [5, 5.41) is 18.2. The molecule has 3 heterocycles. The molecule has 2 atom stereocenters. The van der Waals surface area contributed by atoms with Crippen molar-refractivity contribution in [2.24, 2.45) is 7.05 Å². The third kappa shape index (κ3) is 1.92. The molecule has 0 unspecified atom stereocenters. The van der Waals surface area contributed by atoms with Crippen LogP contribution in [0.4, 0.5) is 0 Å². The highest BCUT2D eigenvalue weighted by Crippen LogP contribution is 2.34. The highest BCUT2D eigenvalue weighted by atomic mass is 16.4. The lowest BCUT2D eigenvalue weighted by Gasteiger charge is -2.28. The number of nitrogens with one attached hydrogen (secondary N) is 2. The first-order valence-corrected chi connectivity index (χ1v) is 7.21. The fourth-order valence-electron chi connectivity index (χ4n) is 3.21. The van der Waals surface area contributed by atoms with Crippen molar-refractivity contribution in [1.82, 2.24) is 20.1 Å². The molecule has 0 amide bonds. The van der Waals surface area contributed by atoms with Crippen LogP contribution in [-0.2, 0) is 18.3 Å². The Morgan fingerprint density at radius 3 is 2.91 bits per heavy atom. The Morgan fingerprint density at radius 2 is 2.18 bits per heavy atom. The molecule has 0 saturated heterocycles. The first kappa shape index (κ1) is 13.1. The molecule has 0 radical (unpaired) electrons. The molecular weight excluding hydrogens is 280 g/mol. The predicted molar refractivity (Wildman–Crippen MR) is 81.6 cm³/mol. The fourth-order valence-corrected chi connectivity index (χ4v) is 3.21. The van der Waals surface area contributed by atoms with Crippen LogP contribution in [0.15, 0.2) is 36.5 Å². The van der Waals surface area contributed by atoms with E-state index in [-0.39, 0.29) is 6.04 Å². The summed E-state index contributed by atoms with van der Waals surface area (Å²) in [4.78, 5) is 14.9. The molecule has 112 valence electrons. The van der Waals surface area contributed by atoms with E-state index in [9.17, 15) is 9.90 Å². The van der Waals surface area contributed by atoms with Gasteiger partial charge in [0.2, 0.25) is 0 Å².